The fraction of sp³-hybridized carbons (Fsp3) is 0.0909. The second kappa shape index (κ2) is 7.44. The molecule has 0 saturated heterocycles. The lowest BCUT2D eigenvalue weighted by Crippen LogP contribution is -2.26. The number of pyridine rings is 1. The van der Waals surface area contributed by atoms with Gasteiger partial charge in [-0.05, 0) is 43.3 Å². The van der Waals surface area contributed by atoms with Gasteiger partial charge < -0.3 is 18.7 Å². The number of nitrogens with zero attached hydrogens (tertiary/aromatic N) is 1. The van der Waals surface area contributed by atoms with E-state index in [-0.39, 0.29) is 11.0 Å². The van der Waals surface area contributed by atoms with Crippen molar-refractivity contribution in [3.8, 4) is 11.5 Å². The molecule has 0 aliphatic carbocycles. The summed E-state index contributed by atoms with van der Waals surface area (Å²) in [6.45, 7) is 2.18. The smallest absolute Gasteiger partial charge is 0.261 e. The summed E-state index contributed by atoms with van der Waals surface area (Å²) < 4.78 is 12.9. The first-order valence-corrected chi connectivity index (χ1v) is 8.80. The third kappa shape index (κ3) is 3.40. The molecular weight excluding hydrogens is 356 g/mol. The van der Waals surface area contributed by atoms with E-state index in [1.165, 1.54) is 12.3 Å². The highest BCUT2D eigenvalue weighted by atomic mass is 16.3. The van der Waals surface area contributed by atoms with Crippen LogP contribution in [0.4, 0.5) is 5.69 Å². The summed E-state index contributed by atoms with van der Waals surface area (Å²) >= 11 is 0. The zero-order valence-electron chi connectivity index (χ0n) is 15.2. The number of amides is 1. The van der Waals surface area contributed by atoms with Crippen LogP contribution >= 0.6 is 0 Å². The monoisotopic (exact) mass is 374 g/mol. The van der Waals surface area contributed by atoms with E-state index in [9.17, 15) is 9.59 Å². The average Bonchev–Trinajstić information content (AvgIpc) is 3.38. The zero-order valence-corrected chi connectivity index (χ0v) is 15.2. The van der Waals surface area contributed by atoms with E-state index in [0.717, 1.165) is 0 Å². The van der Waals surface area contributed by atoms with Gasteiger partial charge in [0.15, 0.2) is 11.2 Å². The van der Waals surface area contributed by atoms with E-state index in [1.807, 2.05) is 35.8 Å². The first kappa shape index (κ1) is 17.6. The minimum absolute atomic E-state index is 0.0240. The van der Waals surface area contributed by atoms with Gasteiger partial charge >= 0.3 is 0 Å². The first-order valence-electron chi connectivity index (χ1n) is 8.80. The van der Waals surface area contributed by atoms with Gasteiger partial charge in [0.25, 0.3) is 5.91 Å². The molecule has 0 atom stereocenters. The van der Waals surface area contributed by atoms with Crippen LogP contribution < -0.4 is 10.7 Å². The molecule has 0 unspecified atom stereocenters. The van der Waals surface area contributed by atoms with Crippen LogP contribution in [0.1, 0.15) is 21.8 Å². The molecule has 0 radical (unpaired) electrons. The van der Waals surface area contributed by atoms with Crippen LogP contribution in [0.3, 0.4) is 0 Å². The molecule has 6 heteroatoms. The van der Waals surface area contributed by atoms with Gasteiger partial charge in [0.2, 0.25) is 0 Å². The molecule has 0 bridgehead atoms. The second-order valence-electron chi connectivity index (χ2n) is 6.34. The first-order chi connectivity index (χ1) is 13.6. The fourth-order valence-corrected chi connectivity index (χ4v) is 3.13. The molecule has 1 N–H and O–H groups in total. The van der Waals surface area contributed by atoms with Crippen LogP contribution in [0, 0.1) is 6.92 Å². The molecular formula is C22H18N2O4. The van der Waals surface area contributed by atoms with E-state index in [2.05, 4.69) is 5.32 Å². The number of aryl methyl sites for hydroxylation is 1. The number of carbonyl (C=O) groups excluding carboxylic acids is 1. The molecule has 6 nitrogen and oxygen atoms in total. The van der Waals surface area contributed by atoms with Gasteiger partial charge in [-0.25, -0.2) is 0 Å². The summed E-state index contributed by atoms with van der Waals surface area (Å²) in [4.78, 5) is 25.8. The molecule has 0 saturated carbocycles. The van der Waals surface area contributed by atoms with Crippen molar-refractivity contribution in [3.63, 3.8) is 0 Å². The van der Waals surface area contributed by atoms with Crippen molar-refractivity contribution >= 4 is 11.6 Å². The Hall–Kier alpha value is -3.80. The Morgan fingerprint density at radius 3 is 2.43 bits per heavy atom. The Labute approximate surface area is 161 Å². The summed E-state index contributed by atoms with van der Waals surface area (Å²) in [6.07, 6.45) is 3.10. The molecule has 1 aromatic carbocycles. The number of benzene rings is 1. The van der Waals surface area contributed by atoms with Crippen LogP contribution in [0.15, 0.2) is 86.8 Å². The van der Waals surface area contributed by atoms with Crippen molar-refractivity contribution in [2.75, 3.05) is 5.32 Å². The van der Waals surface area contributed by atoms with Crippen LogP contribution in [-0.2, 0) is 6.54 Å². The largest absolute Gasteiger partial charge is 0.467 e. The number of nitrogens with one attached hydrogen (secondary N) is 1. The lowest BCUT2D eigenvalue weighted by atomic mass is 10.1. The number of hydrogen-bond donors (Lipinski definition) is 1. The van der Waals surface area contributed by atoms with Crippen molar-refractivity contribution in [1.29, 1.82) is 0 Å². The number of hydrogen-bond acceptors (Lipinski definition) is 4. The molecule has 28 heavy (non-hydrogen) atoms. The highest BCUT2D eigenvalue weighted by Crippen LogP contribution is 2.26. The van der Waals surface area contributed by atoms with E-state index in [4.69, 9.17) is 8.83 Å². The molecule has 140 valence electrons. The van der Waals surface area contributed by atoms with Crippen LogP contribution in [0.2, 0.25) is 0 Å². The van der Waals surface area contributed by atoms with Crippen LogP contribution in [-0.4, -0.2) is 10.5 Å². The van der Waals surface area contributed by atoms with Crippen molar-refractivity contribution < 1.29 is 13.6 Å². The Balaban J connectivity index is 1.87. The number of anilines is 1. The van der Waals surface area contributed by atoms with Crippen molar-refractivity contribution in [1.82, 2.24) is 4.57 Å². The van der Waals surface area contributed by atoms with Gasteiger partial charge in [-0.1, -0.05) is 18.2 Å². The summed E-state index contributed by atoms with van der Waals surface area (Å²) in [5.41, 5.74) is 1.38. The average molecular weight is 374 g/mol. The maximum Gasteiger partial charge on any atom is 0.261 e. The van der Waals surface area contributed by atoms with Gasteiger partial charge in [-0.15, -0.1) is 0 Å². The van der Waals surface area contributed by atoms with Crippen molar-refractivity contribution in [3.05, 3.63) is 100 Å². The molecule has 0 aliphatic rings. The van der Waals surface area contributed by atoms with E-state index < -0.39 is 5.91 Å². The highest BCUT2D eigenvalue weighted by Gasteiger charge is 2.24. The summed E-state index contributed by atoms with van der Waals surface area (Å²) in [5, 5.41) is 2.79. The standard InChI is InChI=1S/C22H18N2O4/c1-15-13-18(25)20(22(26)23-16-7-3-2-4-8-16)21(19-10-6-12-28-19)24(15)14-17-9-5-11-27-17/h2-13H,14H2,1H3,(H,23,26). The van der Waals surface area contributed by atoms with E-state index in [0.29, 0.717) is 35.1 Å². The Bertz CT molecular complexity index is 1140. The van der Waals surface area contributed by atoms with Crippen molar-refractivity contribution in [2.24, 2.45) is 0 Å². The summed E-state index contributed by atoms with van der Waals surface area (Å²) in [5.74, 6) is 0.648. The Morgan fingerprint density at radius 1 is 1.00 bits per heavy atom. The third-order valence-electron chi connectivity index (χ3n) is 4.43. The number of carbonyl (C=O) groups is 1. The minimum Gasteiger partial charge on any atom is -0.467 e. The summed E-state index contributed by atoms with van der Waals surface area (Å²) in [7, 11) is 0. The molecule has 1 amide bonds. The van der Waals surface area contributed by atoms with Gasteiger partial charge in [0.05, 0.1) is 19.1 Å². The molecule has 3 aromatic heterocycles. The second-order valence-corrected chi connectivity index (χ2v) is 6.34. The zero-order chi connectivity index (χ0) is 19.5. The van der Waals surface area contributed by atoms with Gasteiger partial charge in [0, 0.05) is 17.4 Å². The normalized spacial score (nSPS) is 10.8. The molecule has 0 aliphatic heterocycles. The van der Waals surface area contributed by atoms with E-state index >= 15 is 0 Å². The maximum absolute atomic E-state index is 13.0. The molecule has 4 aromatic rings. The predicted octanol–water partition coefficient (Wildman–Crippen LogP) is 4.31. The molecule has 3 heterocycles. The van der Waals surface area contributed by atoms with Crippen LogP contribution in [0.25, 0.3) is 11.5 Å². The maximum atomic E-state index is 13.0. The molecule has 0 spiro atoms. The highest BCUT2D eigenvalue weighted by molar-refractivity contribution is 6.07. The molecule has 0 fully saturated rings. The topological polar surface area (TPSA) is 77.4 Å². The van der Waals surface area contributed by atoms with Gasteiger partial charge in [0.1, 0.15) is 17.0 Å². The van der Waals surface area contributed by atoms with E-state index in [1.54, 1.807) is 36.6 Å². The third-order valence-corrected chi connectivity index (χ3v) is 4.43. The Morgan fingerprint density at radius 2 is 1.75 bits per heavy atom. The summed E-state index contributed by atoms with van der Waals surface area (Å²) in [6, 6.07) is 17.5. The molecule has 4 rings (SSSR count). The van der Waals surface area contributed by atoms with Crippen molar-refractivity contribution in [2.45, 2.75) is 13.5 Å². The quantitative estimate of drug-likeness (QED) is 0.565. The predicted molar refractivity (Wildman–Crippen MR) is 105 cm³/mol. The number of para-hydroxylation sites is 1. The lowest BCUT2D eigenvalue weighted by molar-refractivity contribution is 0.102. The fourth-order valence-electron chi connectivity index (χ4n) is 3.13. The number of furan rings is 2. The minimum atomic E-state index is -0.490. The lowest BCUT2D eigenvalue weighted by Gasteiger charge is -2.18. The van der Waals surface area contributed by atoms with Gasteiger partial charge in [-0.3, -0.25) is 9.59 Å². The van der Waals surface area contributed by atoms with Crippen LogP contribution in [0.5, 0.6) is 0 Å². The number of rotatable bonds is 5. The Kier molecular flexibility index (Phi) is 4.68. The number of aromatic nitrogens is 1. The van der Waals surface area contributed by atoms with Gasteiger partial charge in [-0.2, -0.15) is 0 Å². The SMILES string of the molecule is Cc1cc(=O)c(C(=O)Nc2ccccc2)c(-c2ccco2)n1Cc1ccco1.